The molecule has 0 aliphatic carbocycles. The standard InChI is InChI=1S/C16H18O5.C13H12O5/c1-4-6-12(10-7-5-8-11(17)9-10)13-14(18)20-16(2,3)21-15(13)19;1-13(2)17-11(15)10(12(16)18-13)7-8-4-3-5-9(14)6-8/h4-5,7-9,12-13,17H,1,6H2,2-3H3;3-7,14H,1-2H3. The number of ether oxygens (including phenoxy) is 4. The first-order valence-electron chi connectivity index (χ1n) is 12.0. The lowest BCUT2D eigenvalue weighted by Gasteiger charge is -2.35. The summed E-state index contributed by atoms with van der Waals surface area (Å²) >= 11 is 0. The van der Waals surface area contributed by atoms with Crippen LogP contribution in [0.3, 0.4) is 0 Å². The lowest BCUT2D eigenvalue weighted by atomic mass is 9.83. The molecule has 0 saturated carbocycles. The van der Waals surface area contributed by atoms with Crippen molar-refractivity contribution in [3.63, 3.8) is 0 Å². The average Bonchev–Trinajstić information content (AvgIpc) is 2.80. The lowest BCUT2D eigenvalue weighted by molar-refractivity contribution is -0.241. The Labute approximate surface area is 225 Å². The third kappa shape index (κ3) is 7.47. The van der Waals surface area contributed by atoms with E-state index in [9.17, 15) is 29.4 Å². The molecule has 0 radical (unpaired) electrons. The van der Waals surface area contributed by atoms with Gasteiger partial charge in [0, 0.05) is 33.6 Å². The van der Waals surface area contributed by atoms with E-state index in [1.165, 1.54) is 58.0 Å². The van der Waals surface area contributed by atoms with Crippen molar-refractivity contribution in [1.82, 2.24) is 0 Å². The van der Waals surface area contributed by atoms with E-state index in [0.29, 0.717) is 17.5 Å². The van der Waals surface area contributed by atoms with Crippen molar-refractivity contribution < 1.29 is 48.3 Å². The molecule has 2 N–H and O–H groups in total. The van der Waals surface area contributed by atoms with Gasteiger partial charge in [0.1, 0.15) is 17.1 Å². The quantitative estimate of drug-likeness (QED) is 0.187. The molecule has 2 saturated heterocycles. The summed E-state index contributed by atoms with van der Waals surface area (Å²) in [5.74, 6) is -6.63. The number of aromatic hydroxyl groups is 2. The minimum atomic E-state index is -1.25. The number of phenols is 2. The second kappa shape index (κ2) is 11.4. The Kier molecular flexibility index (Phi) is 8.48. The molecule has 2 aromatic carbocycles. The highest BCUT2D eigenvalue weighted by Gasteiger charge is 2.47. The first-order valence-corrected chi connectivity index (χ1v) is 12.0. The van der Waals surface area contributed by atoms with Gasteiger partial charge in [-0.3, -0.25) is 9.59 Å². The molecule has 1 atom stereocenters. The minimum absolute atomic E-state index is 0.0437. The van der Waals surface area contributed by atoms with Crippen molar-refractivity contribution in [3.8, 4) is 11.5 Å². The molecule has 1 unspecified atom stereocenters. The Morgan fingerprint density at radius 1 is 0.821 bits per heavy atom. The molecule has 2 aliphatic rings. The zero-order chi connectivity index (χ0) is 29.0. The number of benzene rings is 2. The highest BCUT2D eigenvalue weighted by molar-refractivity contribution is 6.18. The number of carbonyl (C=O) groups is 4. The predicted molar refractivity (Wildman–Crippen MR) is 138 cm³/mol. The van der Waals surface area contributed by atoms with Gasteiger partial charge in [-0.1, -0.05) is 30.3 Å². The minimum Gasteiger partial charge on any atom is -0.508 e. The Morgan fingerprint density at radius 3 is 1.85 bits per heavy atom. The Balaban J connectivity index is 0.000000218. The van der Waals surface area contributed by atoms with Gasteiger partial charge in [0.25, 0.3) is 11.6 Å². The maximum absolute atomic E-state index is 12.2. The second-order valence-electron chi connectivity index (χ2n) is 9.78. The number of phenolic OH excluding ortho intramolecular Hbond substituents is 2. The molecule has 2 aromatic rings. The monoisotopic (exact) mass is 538 g/mol. The van der Waals surface area contributed by atoms with Crippen LogP contribution in [0.1, 0.15) is 51.2 Å². The van der Waals surface area contributed by atoms with Crippen LogP contribution in [0.2, 0.25) is 0 Å². The van der Waals surface area contributed by atoms with Gasteiger partial charge < -0.3 is 29.2 Å². The van der Waals surface area contributed by atoms with Crippen LogP contribution in [0, 0.1) is 5.92 Å². The van der Waals surface area contributed by atoms with Gasteiger partial charge in [-0.2, -0.15) is 0 Å². The van der Waals surface area contributed by atoms with Gasteiger partial charge in [0.2, 0.25) is 0 Å². The number of allylic oxidation sites excluding steroid dienone is 1. The van der Waals surface area contributed by atoms with Crippen LogP contribution in [0.25, 0.3) is 6.08 Å². The fourth-order valence-corrected chi connectivity index (χ4v) is 4.02. The van der Waals surface area contributed by atoms with Crippen molar-refractivity contribution in [2.24, 2.45) is 5.92 Å². The first kappa shape index (κ1) is 29.0. The third-order valence-corrected chi connectivity index (χ3v) is 5.62. The van der Waals surface area contributed by atoms with Gasteiger partial charge in [0.15, 0.2) is 5.92 Å². The largest absolute Gasteiger partial charge is 0.508 e. The summed E-state index contributed by atoms with van der Waals surface area (Å²) in [7, 11) is 0. The van der Waals surface area contributed by atoms with E-state index in [0.717, 1.165) is 0 Å². The van der Waals surface area contributed by atoms with Crippen molar-refractivity contribution in [2.45, 2.75) is 51.6 Å². The predicted octanol–water partition coefficient (Wildman–Crippen LogP) is 4.12. The van der Waals surface area contributed by atoms with Crippen LogP contribution in [0.15, 0.2) is 66.8 Å². The van der Waals surface area contributed by atoms with Gasteiger partial charge in [-0.15, -0.1) is 6.58 Å². The Hall–Kier alpha value is -4.60. The summed E-state index contributed by atoms with van der Waals surface area (Å²) in [6, 6.07) is 12.6. The highest BCUT2D eigenvalue weighted by Crippen LogP contribution is 2.36. The molecule has 2 heterocycles. The molecular formula is C29H30O10. The summed E-state index contributed by atoms with van der Waals surface area (Å²) in [5.41, 5.74) is 0.979. The number of cyclic esters (lactones) is 4. The van der Waals surface area contributed by atoms with E-state index < -0.39 is 47.3 Å². The van der Waals surface area contributed by atoms with Crippen LogP contribution >= 0.6 is 0 Å². The Bertz CT molecular complexity index is 1280. The van der Waals surface area contributed by atoms with Crippen LogP contribution in [0.4, 0.5) is 0 Å². The molecule has 0 bridgehead atoms. The zero-order valence-electron chi connectivity index (χ0n) is 22.0. The van der Waals surface area contributed by atoms with E-state index in [4.69, 9.17) is 18.9 Å². The molecule has 2 aliphatic heterocycles. The molecule has 206 valence electrons. The molecule has 0 spiro atoms. The van der Waals surface area contributed by atoms with Crippen molar-refractivity contribution in [2.75, 3.05) is 0 Å². The summed E-state index contributed by atoms with van der Waals surface area (Å²) in [6.45, 7) is 9.63. The summed E-state index contributed by atoms with van der Waals surface area (Å²) < 4.78 is 20.2. The normalized spacial score (nSPS) is 18.8. The molecule has 2 fully saturated rings. The van der Waals surface area contributed by atoms with Gasteiger partial charge in [-0.05, 0) is 47.9 Å². The highest BCUT2D eigenvalue weighted by atomic mass is 16.7. The van der Waals surface area contributed by atoms with Gasteiger partial charge in [-0.25, -0.2) is 9.59 Å². The van der Waals surface area contributed by atoms with Crippen molar-refractivity contribution in [3.05, 3.63) is 77.9 Å². The lowest BCUT2D eigenvalue weighted by Crippen LogP contribution is -2.48. The molecule has 10 nitrogen and oxygen atoms in total. The summed E-state index contributed by atoms with van der Waals surface area (Å²) in [4.78, 5) is 47.7. The van der Waals surface area contributed by atoms with Crippen molar-refractivity contribution >= 4 is 30.0 Å². The number of carbonyl (C=O) groups excluding carboxylic acids is 4. The second-order valence-corrected chi connectivity index (χ2v) is 9.78. The first-order chi connectivity index (χ1) is 18.2. The van der Waals surface area contributed by atoms with Crippen LogP contribution < -0.4 is 0 Å². The molecule has 4 rings (SSSR count). The third-order valence-electron chi connectivity index (χ3n) is 5.62. The maximum Gasteiger partial charge on any atom is 0.348 e. The average molecular weight is 539 g/mol. The van der Waals surface area contributed by atoms with Crippen LogP contribution in [0.5, 0.6) is 11.5 Å². The number of rotatable bonds is 5. The molecule has 0 amide bonds. The molecular weight excluding hydrogens is 508 g/mol. The molecule has 0 aromatic heterocycles. The number of esters is 4. The van der Waals surface area contributed by atoms with Gasteiger partial charge in [0.05, 0.1) is 0 Å². The smallest absolute Gasteiger partial charge is 0.348 e. The van der Waals surface area contributed by atoms with E-state index in [1.807, 2.05) is 0 Å². The fraction of sp³-hybridized carbons (Fsp3) is 0.310. The number of hydrogen-bond donors (Lipinski definition) is 2. The summed E-state index contributed by atoms with van der Waals surface area (Å²) in [6.07, 6.45) is 3.33. The number of hydrogen-bond acceptors (Lipinski definition) is 10. The topological polar surface area (TPSA) is 146 Å². The van der Waals surface area contributed by atoms with E-state index in [-0.39, 0.29) is 17.1 Å². The van der Waals surface area contributed by atoms with E-state index in [2.05, 4.69) is 6.58 Å². The van der Waals surface area contributed by atoms with Gasteiger partial charge >= 0.3 is 23.9 Å². The fourth-order valence-electron chi connectivity index (χ4n) is 4.02. The Morgan fingerprint density at radius 2 is 1.33 bits per heavy atom. The molecule has 39 heavy (non-hydrogen) atoms. The summed E-state index contributed by atoms with van der Waals surface area (Å²) in [5, 5.41) is 18.9. The van der Waals surface area contributed by atoms with E-state index >= 15 is 0 Å². The van der Waals surface area contributed by atoms with Crippen LogP contribution in [-0.4, -0.2) is 45.7 Å². The van der Waals surface area contributed by atoms with Crippen LogP contribution in [-0.2, 0) is 38.1 Å². The molecule has 10 heteroatoms. The maximum atomic E-state index is 12.2. The zero-order valence-corrected chi connectivity index (χ0v) is 22.0. The van der Waals surface area contributed by atoms with E-state index in [1.54, 1.807) is 30.3 Å². The SMILES string of the molecule is C=CCC(c1cccc(O)c1)C1C(=O)OC(C)(C)OC1=O.CC1(C)OC(=O)C(=Cc2cccc(O)c2)C(=O)O1. The van der Waals surface area contributed by atoms with Crippen molar-refractivity contribution in [1.29, 1.82) is 0 Å².